The van der Waals surface area contributed by atoms with Crippen LogP contribution in [0.4, 0.5) is 0 Å². The van der Waals surface area contributed by atoms with Gasteiger partial charge in [0.15, 0.2) is 0 Å². The van der Waals surface area contributed by atoms with Crippen molar-refractivity contribution < 1.29 is 4.79 Å². The maximum absolute atomic E-state index is 11.8. The first-order valence-corrected chi connectivity index (χ1v) is 7.43. The van der Waals surface area contributed by atoms with Crippen LogP contribution in [-0.2, 0) is 11.3 Å². The second-order valence-corrected chi connectivity index (χ2v) is 4.82. The van der Waals surface area contributed by atoms with E-state index in [1.807, 2.05) is 31.3 Å². The smallest absolute Gasteiger partial charge is 0.222 e. The zero-order valence-electron chi connectivity index (χ0n) is 12.3. The lowest BCUT2D eigenvalue weighted by Crippen LogP contribution is -2.30. The lowest BCUT2D eigenvalue weighted by molar-refractivity contribution is -0.130. The molecule has 0 aliphatic heterocycles. The van der Waals surface area contributed by atoms with Crippen LogP contribution in [0.3, 0.4) is 0 Å². The van der Waals surface area contributed by atoms with Crippen molar-refractivity contribution in [3.8, 4) is 0 Å². The molecule has 4 nitrogen and oxygen atoms in total. The van der Waals surface area contributed by atoms with Crippen molar-refractivity contribution in [3.05, 3.63) is 18.7 Å². The summed E-state index contributed by atoms with van der Waals surface area (Å²) in [5.41, 5.74) is 0. The third-order valence-electron chi connectivity index (χ3n) is 3.43. The predicted molar refractivity (Wildman–Crippen MR) is 76.7 cm³/mol. The normalized spacial score (nSPS) is 10.6. The van der Waals surface area contributed by atoms with Gasteiger partial charge in [-0.3, -0.25) is 4.79 Å². The molecule has 0 atom stereocenters. The number of imidazole rings is 1. The van der Waals surface area contributed by atoms with Crippen LogP contribution < -0.4 is 0 Å². The summed E-state index contributed by atoms with van der Waals surface area (Å²) in [4.78, 5) is 17.6. The second-order valence-electron chi connectivity index (χ2n) is 4.82. The van der Waals surface area contributed by atoms with E-state index in [-0.39, 0.29) is 0 Å². The molecule has 0 N–H and O–H groups in total. The largest absolute Gasteiger partial charge is 0.343 e. The molecule has 4 heteroatoms. The third-order valence-corrected chi connectivity index (χ3v) is 3.43. The van der Waals surface area contributed by atoms with Crippen LogP contribution in [0.5, 0.6) is 0 Å². The average molecular weight is 264 g/mol. The van der Waals surface area contributed by atoms with Crippen LogP contribution in [0.15, 0.2) is 12.5 Å². The van der Waals surface area contributed by atoms with Crippen LogP contribution in [0.1, 0.15) is 52.4 Å². The summed E-state index contributed by atoms with van der Waals surface area (Å²) in [5, 5.41) is 0. The molecular formula is C15H26N3O. The van der Waals surface area contributed by atoms with Crippen LogP contribution in [0.2, 0.25) is 0 Å². The minimum absolute atomic E-state index is 0.305. The van der Waals surface area contributed by atoms with Gasteiger partial charge in [0.2, 0.25) is 5.91 Å². The van der Waals surface area contributed by atoms with Gasteiger partial charge in [0.1, 0.15) is 6.20 Å². The van der Waals surface area contributed by atoms with Gasteiger partial charge in [0.05, 0.1) is 6.33 Å². The number of carbonyl (C=O) groups is 1. The number of aryl methyl sites for hydroxylation is 1. The highest BCUT2D eigenvalue weighted by Crippen LogP contribution is 2.08. The average Bonchev–Trinajstić information content (AvgIpc) is 2.92. The van der Waals surface area contributed by atoms with Crippen LogP contribution in [0, 0.1) is 6.20 Å². The Kier molecular flexibility index (Phi) is 7.94. The van der Waals surface area contributed by atoms with Gasteiger partial charge >= 0.3 is 0 Å². The second kappa shape index (κ2) is 9.59. The van der Waals surface area contributed by atoms with Crippen molar-refractivity contribution in [2.24, 2.45) is 0 Å². The first kappa shape index (κ1) is 15.7. The molecule has 1 rings (SSSR count). The maximum atomic E-state index is 11.8. The van der Waals surface area contributed by atoms with E-state index in [0.29, 0.717) is 12.3 Å². The fraction of sp³-hybridized carbons (Fsp3) is 0.733. The molecule has 0 unspecified atom stereocenters. The van der Waals surface area contributed by atoms with E-state index in [2.05, 4.69) is 15.7 Å². The quantitative estimate of drug-likeness (QED) is 0.609. The molecule has 0 aromatic carbocycles. The molecule has 107 valence electrons. The number of aromatic nitrogens is 2. The topological polar surface area (TPSA) is 38.1 Å². The number of nitrogens with zero attached hydrogens (tertiary/aromatic N) is 3. The summed E-state index contributed by atoms with van der Waals surface area (Å²) in [6.07, 6.45) is 13.0. The number of hydrogen-bond donors (Lipinski definition) is 0. The first-order valence-electron chi connectivity index (χ1n) is 7.43. The number of unbranched alkanes of at least 4 members (excludes halogenated alkanes) is 4. The van der Waals surface area contributed by atoms with E-state index in [1.54, 1.807) is 0 Å². The Hall–Kier alpha value is -1.32. The first-order chi connectivity index (χ1) is 9.27. The minimum atomic E-state index is 0.305. The Balaban J connectivity index is 1.95. The molecular weight excluding hydrogens is 238 g/mol. The summed E-state index contributed by atoms with van der Waals surface area (Å²) in [6.45, 7) is 6.76. The van der Waals surface area contributed by atoms with Gasteiger partial charge in [-0.2, -0.15) is 0 Å². The molecule has 0 spiro atoms. The van der Waals surface area contributed by atoms with E-state index in [1.165, 1.54) is 19.3 Å². The minimum Gasteiger partial charge on any atom is -0.343 e. The molecule has 0 aliphatic carbocycles. The molecule has 0 saturated heterocycles. The van der Waals surface area contributed by atoms with Crippen molar-refractivity contribution >= 4 is 5.91 Å². The lowest BCUT2D eigenvalue weighted by Gasteiger charge is -2.18. The van der Waals surface area contributed by atoms with E-state index in [0.717, 1.165) is 32.5 Å². The van der Waals surface area contributed by atoms with Crippen LogP contribution in [-0.4, -0.2) is 33.4 Å². The van der Waals surface area contributed by atoms with Crippen LogP contribution in [0.25, 0.3) is 0 Å². The Morgan fingerprint density at radius 1 is 1.16 bits per heavy atom. The standard InChI is InChI=1S/C15H26N3O/c1-3-18(4-2)15(19)10-8-6-5-7-9-12-17-13-11-16-14-17/h13-14H,3-10,12H2,1-2H3. The zero-order chi connectivity index (χ0) is 13.9. The molecule has 1 radical (unpaired) electrons. The molecule has 1 aromatic heterocycles. The Morgan fingerprint density at radius 2 is 1.84 bits per heavy atom. The highest BCUT2D eigenvalue weighted by Gasteiger charge is 2.07. The van der Waals surface area contributed by atoms with Crippen molar-refractivity contribution in [1.29, 1.82) is 0 Å². The van der Waals surface area contributed by atoms with Crippen LogP contribution >= 0.6 is 0 Å². The Labute approximate surface area is 116 Å². The Morgan fingerprint density at radius 3 is 2.47 bits per heavy atom. The molecule has 1 aromatic rings. The number of hydrogen-bond acceptors (Lipinski definition) is 2. The summed E-state index contributed by atoms with van der Waals surface area (Å²) in [7, 11) is 0. The third kappa shape index (κ3) is 6.41. The molecule has 0 fully saturated rings. The number of carbonyl (C=O) groups excluding carboxylic acids is 1. The predicted octanol–water partition coefficient (Wildman–Crippen LogP) is 2.89. The summed E-state index contributed by atoms with van der Waals surface area (Å²) in [5.74, 6) is 0.305. The maximum Gasteiger partial charge on any atom is 0.222 e. The molecule has 0 bridgehead atoms. The van der Waals surface area contributed by atoms with Gasteiger partial charge in [-0.1, -0.05) is 19.3 Å². The summed E-state index contributed by atoms with van der Waals surface area (Å²) in [6, 6.07) is 0. The monoisotopic (exact) mass is 264 g/mol. The molecule has 1 heterocycles. The van der Waals surface area contributed by atoms with Crippen molar-refractivity contribution in [3.63, 3.8) is 0 Å². The number of rotatable bonds is 10. The van der Waals surface area contributed by atoms with Gasteiger partial charge in [0.25, 0.3) is 0 Å². The SMILES string of the molecule is CCN(CC)C(=O)CCCCCCCn1c[c]nc1. The van der Waals surface area contributed by atoms with E-state index < -0.39 is 0 Å². The summed E-state index contributed by atoms with van der Waals surface area (Å²) >= 11 is 0. The van der Waals surface area contributed by atoms with Crippen molar-refractivity contribution in [2.45, 2.75) is 58.9 Å². The molecule has 19 heavy (non-hydrogen) atoms. The van der Waals surface area contributed by atoms with E-state index >= 15 is 0 Å². The fourth-order valence-electron chi connectivity index (χ4n) is 2.21. The highest BCUT2D eigenvalue weighted by atomic mass is 16.2. The van der Waals surface area contributed by atoms with E-state index in [9.17, 15) is 4.79 Å². The highest BCUT2D eigenvalue weighted by molar-refractivity contribution is 5.75. The molecule has 0 saturated carbocycles. The molecule has 0 aliphatic rings. The van der Waals surface area contributed by atoms with Crippen molar-refractivity contribution in [2.75, 3.05) is 13.1 Å². The lowest BCUT2D eigenvalue weighted by atomic mass is 10.1. The van der Waals surface area contributed by atoms with Crippen molar-refractivity contribution in [1.82, 2.24) is 14.5 Å². The van der Waals surface area contributed by atoms with Gasteiger partial charge in [0, 0.05) is 32.3 Å². The zero-order valence-corrected chi connectivity index (χ0v) is 12.3. The van der Waals surface area contributed by atoms with Gasteiger partial charge < -0.3 is 9.47 Å². The van der Waals surface area contributed by atoms with Gasteiger partial charge in [-0.05, 0) is 26.7 Å². The van der Waals surface area contributed by atoms with E-state index in [4.69, 9.17) is 0 Å². The van der Waals surface area contributed by atoms with Gasteiger partial charge in [-0.25, -0.2) is 4.98 Å². The molecule has 1 amide bonds. The number of amides is 1. The Bertz CT molecular complexity index is 331. The fourth-order valence-corrected chi connectivity index (χ4v) is 2.21. The summed E-state index contributed by atoms with van der Waals surface area (Å²) < 4.78 is 2.06. The van der Waals surface area contributed by atoms with Gasteiger partial charge in [-0.15, -0.1) is 0 Å².